The molecule has 0 saturated carbocycles. The molecule has 0 spiro atoms. The van der Waals surface area contributed by atoms with Crippen molar-refractivity contribution in [3.05, 3.63) is 12.0 Å². The molecule has 0 bridgehead atoms. The summed E-state index contributed by atoms with van der Waals surface area (Å²) >= 11 is 1.49. The van der Waals surface area contributed by atoms with E-state index in [4.69, 9.17) is 9.15 Å². The molecule has 0 radical (unpaired) electrons. The Morgan fingerprint density at radius 2 is 2.43 bits per heavy atom. The van der Waals surface area contributed by atoms with E-state index in [9.17, 15) is 4.79 Å². The van der Waals surface area contributed by atoms with Gasteiger partial charge in [0.25, 0.3) is 5.22 Å². The summed E-state index contributed by atoms with van der Waals surface area (Å²) in [7, 11) is 0. The van der Waals surface area contributed by atoms with Crippen molar-refractivity contribution in [2.75, 3.05) is 12.4 Å². The van der Waals surface area contributed by atoms with Crippen molar-refractivity contribution in [2.24, 2.45) is 0 Å². The second-order valence-corrected chi connectivity index (χ2v) is 3.61. The van der Waals surface area contributed by atoms with Crippen molar-refractivity contribution in [1.29, 1.82) is 0 Å². The van der Waals surface area contributed by atoms with Crippen LogP contribution in [0.5, 0.6) is 0 Å². The molecule has 1 aromatic heterocycles. The third-order valence-electron chi connectivity index (χ3n) is 1.40. The quantitative estimate of drug-likeness (QED) is 0.557. The highest BCUT2D eigenvalue weighted by atomic mass is 32.2. The molecule has 0 atom stereocenters. The van der Waals surface area contributed by atoms with Crippen LogP contribution in [0.1, 0.15) is 30.8 Å². The van der Waals surface area contributed by atoms with E-state index in [0.717, 1.165) is 12.2 Å². The second-order valence-electron chi connectivity index (χ2n) is 2.57. The lowest BCUT2D eigenvalue weighted by Gasteiger charge is -1.94. The molecule has 1 heterocycles. The van der Waals surface area contributed by atoms with Gasteiger partial charge in [0.15, 0.2) is 5.69 Å². The van der Waals surface area contributed by atoms with E-state index in [1.807, 2.05) is 0 Å². The van der Waals surface area contributed by atoms with Crippen LogP contribution < -0.4 is 0 Å². The number of nitrogens with zero attached hydrogens (tertiary/aromatic N) is 1. The fraction of sp³-hybridized carbons (Fsp3) is 0.556. The Labute approximate surface area is 87.0 Å². The van der Waals surface area contributed by atoms with Gasteiger partial charge in [0, 0.05) is 5.75 Å². The largest absolute Gasteiger partial charge is 0.461 e. The first-order valence-electron chi connectivity index (χ1n) is 4.53. The van der Waals surface area contributed by atoms with Crippen LogP contribution in [0.15, 0.2) is 15.9 Å². The zero-order valence-electron chi connectivity index (χ0n) is 8.28. The molecule has 0 aliphatic carbocycles. The van der Waals surface area contributed by atoms with Crippen LogP contribution in [0.3, 0.4) is 0 Å². The molecule has 0 aliphatic heterocycles. The van der Waals surface area contributed by atoms with Gasteiger partial charge in [-0.2, -0.15) is 4.98 Å². The van der Waals surface area contributed by atoms with Crippen molar-refractivity contribution in [1.82, 2.24) is 4.98 Å². The third-order valence-corrected chi connectivity index (χ3v) is 2.44. The van der Waals surface area contributed by atoms with E-state index in [1.54, 1.807) is 6.92 Å². The van der Waals surface area contributed by atoms with E-state index in [2.05, 4.69) is 11.9 Å². The topological polar surface area (TPSA) is 52.3 Å². The zero-order valence-corrected chi connectivity index (χ0v) is 9.10. The molecule has 4 nitrogen and oxygen atoms in total. The Kier molecular flexibility index (Phi) is 4.52. The number of hydrogen-bond donors (Lipinski definition) is 0. The zero-order chi connectivity index (χ0) is 10.4. The predicted molar refractivity (Wildman–Crippen MR) is 53.5 cm³/mol. The smallest absolute Gasteiger partial charge is 0.360 e. The van der Waals surface area contributed by atoms with Crippen molar-refractivity contribution in [3.8, 4) is 0 Å². The van der Waals surface area contributed by atoms with Gasteiger partial charge in [-0.1, -0.05) is 18.7 Å². The Morgan fingerprint density at radius 1 is 1.64 bits per heavy atom. The van der Waals surface area contributed by atoms with Gasteiger partial charge >= 0.3 is 5.97 Å². The number of carbonyl (C=O) groups excluding carboxylic acids is 1. The summed E-state index contributed by atoms with van der Waals surface area (Å²) in [5, 5.41) is 0.523. The van der Waals surface area contributed by atoms with Crippen LogP contribution in [0, 0.1) is 0 Å². The van der Waals surface area contributed by atoms with E-state index in [1.165, 1.54) is 18.0 Å². The molecule has 0 aromatic carbocycles. The monoisotopic (exact) mass is 215 g/mol. The standard InChI is InChI=1S/C9H13NO3S/c1-3-5-14-9-10-7(6-13-9)8(11)12-4-2/h6H,3-5H2,1-2H3. The fourth-order valence-corrected chi connectivity index (χ4v) is 1.47. The number of aromatic nitrogens is 1. The lowest BCUT2D eigenvalue weighted by Crippen LogP contribution is -2.04. The van der Waals surface area contributed by atoms with Gasteiger partial charge in [-0.05, 0) is 13.3 Å². The number of ether oxygens (including phenoxy) is 1. The number of carbonyl (C=O) groups is 1. The molecule has 0 fully saturated rings. The predicted octanol–water partition coefficient (Wildman–Crippen LogP) is 2.35. The molecule has 0 saturated heterocycles. The van der Waals surface area contributed by atoms with Gasteiger partial charge in [-0.3, -0.25) is 0 Å². The van der Waals surface area contributed by atoms with Crippen molar-refractivity contribution >= 4 is 17.7 Å². The van der Waals surface area contributed by atoms with Gasteiger partial charge in [-0.15, -0.1) is 0 Å². The Balaban J connectivity index is 2.54. The lowest BCUT2D eigenvalue weighted by atomic mass is 10.5. The number of hydrogen-bond acceptors (Lipinski definition) is 5. The molecule has 14 heavy (non-hydrogen) atoms. The summed E-state index contributed by atoms with van der Waals surface area (Å²) in [5.74, 6) is 0.502. The molecule has 1 aromatic rings. The maximum absolute atomic E-state index is 11.2. The van der Waals surface area contributed by atoms with Gasteiger partial charge in [0.05, 0.1) is 6.61 Å². The minimum absolute atomic E-state index is 0.241. The third kappa shape index (κ3) is 3.06. The van der Waals surface area contributed by atoms with Gasteiger partial charge in [0.1, 0.15) is 6.26 Å². The molecular weight excluding hydrogens is 202 g/mol. The van der Waals surface area contributed by atoms with Gasteiger partial charge < -0.3 is 9.15 Å². The summed E-state index contributed by atoms with van der Waals surface area (Å²) in [4.78, 5) is 15.2. The number of thioether (sulfide) groups is 1. The second kappa shape index (κ2) is 5.70. The fourth-order valence-electron chi connectivity index (χ4n) is 0.812. The molecule has 5 heteroatoms. The van der Waals surface area contributed by atoms with Crippen molar-refractivity contribution in [3.63, 3.8) is 0 Å². The van der Waals surface area contributed by atoms with E-state index >= 15 is 0 Å². The Morgan fingerprint density at radius 3 is 3.07 bits per heavy atom. The average molecular weight is 215 g/mol. The number of esters is 1. The molecule has 0 unspecified atom stereocenters. The minimum Gasteiger partial charge on any atom is -0.461 e. The lowest BCUT2D eigenvalue weighted by molar-refractivity contribution is 0.0519. The van der Waals surface area contributed by atoms with Crippen LogP contribution in [0.4, 0.5) is 0 Å². The van der Waals surface area contributed by atoms with Crippen LogP contribution >= 0.6 is 11.8 Å². The van der Waals surface area contributed by atoms with Crippen LogP contribution in [-0.2, 0) is 4.74 Å². The minimum atomic E-state index is -0.431. The first-order valence-corrected chi connectivity index (χ1v) is 5.52. The number of rotatable bonds is 5. The summed E-state index contributed by atoms with van der Waals surface area (Å²) in [5.41, 5.74) is 0.241. The first kappa shape index (κ1) is 11.1. The van der Waals surface area contributed by atoms with Gasteiger partial charge in [-0.25, -0.2) is 4.79 Å². The molecule has 0 amide bonds. The average Bonchev–Trinajstić information content (AvgIpc) is 2.63. The van der Waals surface area contributed by atoms with Crippen LogP contribution in [-0.4, -0.2) is 23.3 Å². The Hall–Kier alpha value is -0.970. The number of oxazole rings is 1. The first-order chi connectivity index (χ1) is 6.77. The summed E-state index contributed by atoms with van der Waals surface area (Å²) in [6.45, 7) is 4.18. The molecular formula is C9H13NO3S. The van der Waals surface area contributed by atoms with Crippen LogP contribution in [0.25, 0.3) is 0 Å². The van der Waals surface area contributed by atoms with Crippen LogP contribution in [0.2, 0.25) is 0 Å². The summed E-state index contributed by atoms with van der Waals surface area (Å²) in [6.07, 6.45) is 2.37. The van der Waals surface area contributed by atoms with E-state index < -0.39 is 5.97 Å². The van der Waals surface area contributed by atoms with Gasteiger partial charge in [0.2, 0.25) is 0 Å². The molecule has 78 valence electrons. The molecule has 0 aliphatic rings. The van der Waals surface area contributed by atoms with Crippen molar-refractivity contribution in [2.45, 2.75) is 25.5 Å². The maximum atomic E-state index is 11.2. The maximum Gasteiger partial charge on any atom is 0.360 e. The summed E-state index contributed by atoms with van der Waals surface area (Å²) in [6, 6.07) is 0. The molecule has 1 rings (SSSR count). The van der Waals surface area contributed by atoms with E-state index in [-0.39, 0.29) is 5.69 Å². The highest BCUT2D eigenvalue weighted by Crippen LogP contribution is 2.17. The Bertz CT molecular complexity index is 298. The SMILES string of the molecule is CCCSc1nc(C(=O)OCC)co1. The van der Waals surface area contributed by atoms with Crippen molar-refractivity contribution < 1.29 is 13.9 Å². The molecule has 0 N–H and O–H groups in total. The highest BCUT2D eigenvalue weighted by Gasteiger charge is 2.12. The highest BCUT2D eigenvalue weighted by molar-refractivity contribution is 7.99. The summed E-state index contributed by atoms with van der Waals surface area (Å²) < 4.78 is 9.86. The van der Waals surface area contributed by atoms with E-state index in [0.29, 0.717) is 11.8 Å². The normalized spacial score (nSPS) is 10.1.